The summed E-state index contributed by atoms with van der Waals surface area (Å²) in [6, 6.07) is 6.44. The maximum atomic E-state index is 13.1. The van der Waals surface area contributed by atoms with Crippen LogP contribution in [0.25, 0.3) is 0 Å². The third-order valence-electron chi connectivity index (χ3n) is 5.62. The van der Waals surface area contributed by atoms with Gasteiger partial charge < -0.3 is 10.6 Å². The van der Waals surface area contributed by atoms with Gasteiger partial charge in [-0.15, -0.1) is 0 Å². The molecular formula is C22H27F3N4O3S. The first-order chi connectivity index (χ1) is 15.5. The van der Waals surface area contributed by atoms with Gasteiger partial charge in [0.1, 0.15) is 5.82 Å². The van der Waals surface area contributed by atoms with Crippen LogP contribution in [0.15, 0.2) is 41.4 Å². The molecule has 1 unspecified atom stereocenters. The van der Waals surface area contributed by atoms with E-state index in [9.17, 15) is 26.4 Å². The zero-order valence-corrected chi connectivity index (χ0v) is 19.3. The zero-order valence-electron chi connectivity index (χ0n) is 18.4. The number of benzene rings is 1. The molecule has 2 aromatic rings. The maximum absolute atomic E-state index is 13.1. The molecule has 180 valence electrons. The number of hydrogen-bond donors (Lipinski definition) is 2. The first-order valence-corrected chi connectivity index (χ1v) is 12.1. The molecule has 2 heterocycles. The maximum Gasteiger partial charge on any atom is 0.419 e. The number of sulfonamides is 1. The first kappa shape index (κ1) is 25.0. The fourth-order valence-electron chi connectivity index (χ4n) is 3.80. The summed E-state index contributed by atoms with van der Waals surface area (Å²) in [4.78, 5) is 16.4. The Hall–Kier alpha value is -2.66. The van der Waals surface area contributed by atoms with Crippen LogP contribution in [0.3, 0.4) is 0 Å². The van der Waals surface area contributed by atoms with Crippen molar-refractivity contribution in [1.29, 1.82) is 0 Å². The number of piperidine rings is 1. The van der Waals surface area contributed by atoms with E-state index in [0.717, 1.165) is 25.3 Å². The van der Waals surface area contributed by atoms with E-state index in [1.54, 1.807) is 13.0 Å². The van der Waals surface area contributed by atoms with E-state index in [1.165, 1.54) is 28.7 Å². The molecule has 3 rings (SSSR count). The quantitative estimate of drug-likeness (QED) is 0.583. The zero-order chi connectivity index (χ0) is 24.2. The molecule has 1 fully saturated rings. The standard InChI is InChI=1S/C22H27F3N4O3S/c1-15-8-9-17(33(31,32)29-13-4-3-6-16(29)2)14-18(15)21(30)28-12-11-27-20-19(22(23,24)25)7-5-10-26-20/h5,7-10,14,16H,3-4,6,11-13H2,1-2H3,(H,26,27)(H,28,30). The summed E-state index contributed by atoms with van der Waals surface area (Å²) >= 11 is 0. The summed E-state index contributed by atoms with van der Waals surface area (Å²) < 4.78 is 66.8. The van der Waals surface area contributed by atoms with Gasteiger partial charge in [0, 0.05) is 37.4 Å². The van der Waals surface area contributed by atoms with Gasteiger partial charge in [0.15, 0.2) is 0 Å². The number of nitrogens with one attached hydrogen (secondary N) is 2. The van der Waals surface area contributed by atoms with Crippen molar-refractivity contribution < 1.29 is 26.4 Å². The number of carbonyl (C=O) groups excluding carboxylic acids is 1. The topological polar surface area (TPSA) is 91.4 Å². The van der Waals surface area contributed by atoms with E-state index in [4.69, 9.17) is 0 Å². The molecule has 0 spiro atoms. The van der Waals surface area contributed by atoms with Gasteiger partial charge in [-0.2, -0.15) is 17.5 Å². The second kappa shape index (κ2) is 10.1. The Balaban J connectivity index is 1.66. The number of halogens is 3. The van der Waals surface area contributed by atoms with Crippen molar-refractivity contribution in [3.63, 3.8) is 0 Å². The molecule has 0 aliphatic carbocycles. The summed E-state index contributed by atoms with van der Waals surface area (Å²) in [5.74, 6) is -0.825. The number of aromatic nitrogens is 1. The molecule has 1 atom stereocenters. The first-order valence-electron chi connectivity index (χ1n) is 10.7. The molecule has 0 radical (unpaired) electrons. The number of hydrogen-bond acceptors (Lipinski definition) is 5. The van der Waals surface area contributed by atoms with Gasteiger partial charge in [-0.3, -0.25) is 4.79 Å². The Morgan fingerprint density at radius 1 is 1.21 bits per heavy atom. The predicted molar refractivity (Wildman–Crippen MR) is 118 cm³/mol. The van der Waals surface area contributed by atoms with Crippen molar-refractivity contribution in [2.75, 3.05) is 25.0 Å². The summed E-state index contributed by atoms with van der Waals surface area (Å²) in [5.41, 5.74) is -0.0956. The van der Waals surface area contributed by atoms with Crippen LogP contribution < -0.4 is 10.6 Å². The van der Waals surface area contributed by atoms with Crippen molar-refractivity contribution in [2.24, 2.45) is 0 Å². The Bertz CT molecular complexity index is 1110. The largest absolute Gasteiger partial charge is 0.419 e. The van der Waals surface area contributed by atoms with Gasteiger partial charge in [-0.1, -0.05) is 12.5 Å². The molecule has 11 heteroatoms. The smallest absolute Gasteiger partial charge is 0.368 e. The molecular weight excluding hydrogens is 457 g/mol. The van der Waals surface area contributed by atoms with Crippen LogP contribution >= 0.6 is 0 Å². The molecule has 1 aliphatic heterocycles. The van der Waals surface area contributed by atoms with Gasteiger partial charge in [-0.25, -0.2) is 13.4 Å². The van der Waals surface area contributed by atoms with E-state index in [-0.39, 0.29) is 35.4 Å². The Morgan fingerprint density at radius 3 is 2.67 bits per heavy atom. The molecule has 2 N–H and O–H groups in total. The van der Waals surface area contributed by atoms with E-state index in [1.807, 2.05) is 6.92 Å². The third kappa shape index (κ3) is 5.83. The van der Waals surface area contributed by atoms with Gasteiger partial charge in [0.2, 0.25) is 10.0 Å². The molecule has 0 bridgehead atoms. The number of amides is 1. The average molecular weight is 485 g/mol. The van der Waals surface area contributed by atoms with Crippen LogP contribution in [0.2, 0.25) is 0 Å². The minimum atomic E-state index is -4.55. The van der Waals surface area contributed by atoms with E-state index < -0.39 is 27.7 Å². The lowest BCUT2D eigenvalue weighted by atomic mass is 10.1. The van der Waals surface area contributed by atoms with Gasteiger partial charge in [0.25, 0.3) is 5.91 Å². The lowest BCUT2D eigenvalue weighted by Crippen LogP contribution is -2.42. The van der Waals surface area contributed by atoms with Crippen LogP contribution in [0.5, 0.6) is 0 Å². The minimum Gasteiger partial charge on any atom is -0.368 e. The Morgan fingerprint density at radius 2 is 1.97 bits per heavy atom. The fourth-order valence-corrected chi connectivity index (χ4v) is 5.52. The van der Waals surface area contributed by atoms with Crippen molar-refractivity contribution in [3.8, 4) is 0 Å². The number of aryl methyl sites for hydroxylation is 1. The Labute approximate surface area is 191 Å². The summed E-state index contributed by atoms with van der Waals surface area (Å²) in [5, 5.41) is 5.19. The van der Waals surface area contributed by atoms with Crippen LogP contribution in [0.1, 0.15) is 47.7 Å². The molecule has 1 aromatic carbocycles. The number of nitrogens with zero attached hydrogens (tertiary/aromatic N) is 2. The van der Waals surface area contributed by atoms with Crippen molar-refractivity contribution in [2.45, 2.75) is 50.2 Å². The number of pyridine rings is 1. The molecule has 33 heavy (non-hydrogen) atoms. The Kier molecular flexibility index (Phi) is 7.63. The van der Waals surface area contributed by atoms with E-state index >= 15 is 0 Å². The van der Waals surface area contributed by atoms with E-state index in [2.05, 4.69) is 15.6 Å². The predicted octanol–water partition coefficient (Wildman–Crippen LogP) is 3.81. The number of alkyl halides is 3. The monoisotopic (exact) mass is 484 g/mol. The van der Waals surface area contributed by atoms with Gasteiger partial charge in [-0.05, 0) is 56.5 Å². The highest BCUT2D eigenvalue weighted by molar-refractivity contribution is 7.89. The highest BCUT2D eigenvalue weighted by Gasteiger charge is 2.34. The number of rotatable bonds is 7. The second-order valence-corrected chi connectivity index (χ2v) is 9.91. The van der Waals surface area contributed by atoms with Crippen molar-refractivity contribution in [1.82, 2.24) is 14.6 Å². The van der Waals surface area contributed by atoms with Gasteiger partial charge >= 0.3 is 6.18 Å². The summed E-state index contributed by atoms with van der Waals surface area (Å²) in [7, 11) is -3.74. The molecule has 1 aromatic heterocycles. The minimum absolute atomic E-state index is 0.00810. The molecule has 0 saturated carbocycles. The molecule has 7 nitrogen and oxygen atoms in total. The highest BCUT2D eigenvalue weighted by Crippen LogP contribution is 2.33. The van der Waals surface area contributed by atoms with Crippen LogP contribution in [0, 0.1) is 6.92 Å². The average Bonchev–Trinajstić information content (AvgIpc) is 2.76. The summed E-state index contributed by atoms with van der Waals surface area (Å²) in [6.45, 7) is 4.03. The molecule has 1 saturated heterocycles. The highest BCUT2D eigenvalue weighted by atomic mass is 32.2. The van der Waals surface area contributed by atoms with Crippen LogP contribution in [-0.2, 0) is 16.2 Å². The van der Waals surface area contributed by atoms with Crippen LogP contribution in [-0.4, -0.2) is 49.3 Å². The lowest BCUT2D eigenvalue weighted by molar-refractivity contribution is -0.137. The SMILES string of the molecule is Cc1ccc(S(=O)(=O)N2CCCCC2C)cc1C(=O)NCCNc1ncccc1C(F)(F)F. The second-order valence-electron chi connectivity index (χ2n) is 8.02. The van der Waals surface area contributed by atoms with Crippen LogP contribution in [0.4, 0.5) is 19.0 Å². The number of carbonyl (C=O) groups is 1. The van der Waals surface area contributed by atoms with Crippen molar-refractivity contribution in [3.05, 3.63) is 53.2 Å². The normalized spacial score (nSPS) is 17.5. The molecule has 1 aliphatic rings. The van der Waals surface area contributed by atoms with Gasteiger partial charge in [0.05, 0.1) is 10.5 Å². The van der Waals surface area contributed by atoms with E-state index in [0.29, 0.717) is 12.1 Å². The lowest BCUT2D eigenvalue weighted by Gasteiger charge is -2.32. The fraction of sp³-hybridized carbons (Fsp3) is 0.455. The molecule has 1 amide bonds. The van der Waals surface area contributed by atoms with Crippen molar-refractivity contribution >= 4 is 21.7 Å². The summed E-state index contributed by atoms with van der Waals surface area (Å²) in [6.07, 6.45) is -0.741. The third-order valence-corrected chi connectivity index (χ3v) is 7.63. The number of anilines is 1.